The van der Waals surface area contributed by atoms with Crippen LogP contribution >= 0.6 is 12.4 Å². The van der Waals surface area contributed by atoms with Crippen molar-refractivity contribution < 1.29 is 4.79 Å². The SMILES string of the molecule is CC#CCn1c(N2CCNCC2)nc2c1c(=O)n(CCc1ccccc1)c(=O)n2C1CC1NC(C)=O.Cl. The van der Waals surface area contributed by atoms with E-state index in [-0.39, 0.29) is 48.2 Å². The fourth-order valence-electron chi connectivity index (χ4n) is 4.92. The van der Waals surface area contributed by atoms with Crippen LogP contribution in [0.1, 0.15) is 31.9 Å². The van der Waals surface area contributed by atoms with Crippen LogP contribution in [-0.2, 0) is 24.3 Å². The number of carbonyl (C=O) groups excluding carboxylic acids is 1. The van der Waals surface area contributed by atoms with Crippen LogP contribution in [-0.4, -0.2) is 56.8 Å². The predicted molar refractivity (Wildman–Crippen MR) is 145 cm³/mol. The van der Waals surface area contributed by atoms with E-state index in [2.05, 4.69) is 27.4 Å². The number of halogens is 1. The molecule has 5 rings (SSSR count). The van der Waals surface area contributed by atoms with Gasteiger partial charge in [-0.3, -0.25) is 23.3 Å². The second-order valence-corrected chi connectivity index (χ2v) is 9.29. The number of carbonyl (C=O) groups is 1. The first-order valence-electron chi connectivity index (χ1n) is 12.4. The van der Waals surface area contributed by atoms with E-state index < -0.39 is 0 Å². The first-order valence-corrected chi connectivity index (χ1v) is 12.4. The number of aryl methyl sites for hydroxylation is 1. The van der Waals surface area contributed by atoms with Gasteiger partial charge < -0.3 is 15.5 Å². The summed E-state index contributed by atoms with van der Waals surface area (Å²) in [5.41, 5.74) is 1.05. The van der Waals surface area contributed by atoms with Crippen LogP contribution in [0.15, 0.2) is 39.9 Å². The zero-order chi connectivity index (χ0) is 25.2. The normalized spacial score (nSPS) is 18.6. The van der Waals surface area contributed by atoms with Crippen molar-refractivity contribution in [2.75, 3.05) is 31.1 Å². The first kappa shape index (κ1) is 26.5. The molecule has 1 saturated carbocycles. The topological polar surface area (TPSA) is 106 Å². The molecule has 1 amide bonds. The number of hydrogen-bond acceptors (Lipinski definition) is 6. The molecule has 2 aliphatic rings. The van der Waals surface area contributed by atoms with E-state index in [1.807, 2.05) is 34.9 Å². The number of piperazine rings is 1. The Morgan fingerprint density at radius 1 is 1.16 bits per heavy atom. The molecular weight excluding hydrogens is 494 g/mol. The van der Waals surface area contributed by atoms with Gasteiger partial charge in [0.2, 0.25) is 11.9 Å². The Morgan fingerprint density at radius 3 is 2.57 bits per heavy atom. The summed E-state index contributed by atoms with van der Waals surface area (Å²) in [5.74, 6) is 6.50. The number of anilines is 1. The molecule has 1 aliphatic carbocycles. The molecule has 0 spiro atoms. The number of amides is 1. The van der Waals surface area contributed by atoms with Crippen molar-refractivity contribution in [1.82, 2.24) is 29.3 Å². The summed E-state index contributed by atoms with van der Waals surface area (Å²) in [6.07, 6.45) is 1.17. The van der Waals surface area contributed by atoms with Gasteiger partial charge in [0.25, 0.3) is 5.56 Å². The van der Waals surface area contributed by atoms with Gasteiger partial charge in [-0.1, -0.05) is 36.3 Å². The van der Waals surface area contributed by atoms with Gasteiger partial charge in [0, 0.05) is 39.6 Å². The maximum absolute atomic E-state index is 13.8. The lowest BCUT2D eigenvalue weighted by atomic mass is 10.1. The fourth-order valence-corrected chi connectivity index (χ4v) is 4.92. The molecule has 37 heavy (non-hydrogen) atoms. The molecule has 2 unspecified atom stereocenters. The molecule has 2 N–H and O–H groups in total. The molecule has 2 atom stereocenters. The molecule has 1 saturated heterocycles. The number of rotatable bonds is 7. The Hall–Kier alpha value is -3.55. The summed E-state index contributed by atoms with van der Waals surface area (Å²) in [6.45, 7) is 6.89. The molecule has 3 aromatic rings. The van der Waals surface area contributed by atoms with E-state index in [0.717, 1.165) is 31.7 Å². The Balaban J connectivity index is 0.00000320. The highest BCUT2D eigenvalue weighted by atomic mass is 35.5. The summed E-state index contributed by atoms with van der Waals surface area (Å²) >= 11 is 0. The fraction of sp³-hybridized carbons (Fsp3) is 0.462. The monoisotopic (exact) mass is 525 g/mol. The Labute approximate surface area is 221 Å². The standard InChI is InChI=1S/C26H31N7O3.ClH/c1-3-4-13-31-22-23(29-25(31)30-15-11-27-12-16-30)33(21-17-20(21)28-18(2)34)26(36)32(24(22)35)14-10-19-8-6-5-7-9-19;/h5-9,20-21,27H,10-17H2,1-2H3,(H,28,34);1H. The molecule has 11 heteroatoms. The zero-order valence-corrected chi connectivity index (χ0v) is 21.9. The number of nitrogens with zero attached hydrogens (tertiary/aromatic N) is 5. The Morgan fingerprint density at radius 2 is 1.89 bits per heavy atom. The minimum absolute atomic E-state index is 0. The number of aromatic nitrogens is 4. The van der Waals surface area contributed by atoms with Crippen LogP contribution in [0.25, 0.3) is 11.2 Å². The van der Waals surface area contributed by atoms with Gasteiger partial charge in [0.1, 0.15) is 0 Å². The van der Waals surface area contributed by atoms with Crippen molar-refractivity contribution in [1.29, 1.82) is 0 Å². The van der Waals surface area contributed by atoms with Crippen LogP contribution in [0.2, 0.25) is 0 Å². The second kappa shape index (κ2) is 11.2. The minimum atomic E-state index is -0.389. The molecule has 196 valence electrons. The molecule has 2 fully saturated rings. The highest BCUT2D eigenvalue weighted by Crippen LogP contribution is 2.36. The third-order valence-electron chi connectivity index (χ3n) is 6.80. The van der Waals surface area contributed by atoms with Crippen molar-refractivity contribution >= 4 is 35.4 Å². The summed E-state index contributed by atoms with van der Waals surface area (Å²) in [6, 6.07) is 9.39. The van der Waals surface area contributed by atoms with Gasteiger partial charge in [-0.2, -0.15) is 4.98 Å². The minimum Gasteiger partial charge on any atom is -0.351 e. The molecule has 2 aromatic heterocycles. The number of nitrogens with one attached hydrogen (secondary N) is 2. The maximum atomic E-state index is 13.8. The van der Waals surface area contributed by atoms with Crippen molar-refractivity contribution in [3.63, 3.8) is 0 Å². The lowest BCUT2D eigenvalue weighted by molar-refractivity contribution is -0.119. The van der Waals surface area contributed by atoms with Gasteiger partial charge in [-0.25, -0.2) is 4.79 Å². The Kier molecular flexibility index (Phi) is 8.05. The smallest absolute Gasteiger partial charge is 0.333 e. The van der Waals surface area contributed by atoms with Crippen molar-refractivity contribution in [2.24, 2.45) is 0 Å². The molecular formula is C26H32ClN7O3. The molecule has 1 aliphatic heterocycles. The van der Waals surface area contributed by atoms with E-state index in [0.29, 0.717) is 36.5 Å². The van der Waals surface area contributed by atoms with Crippen LogP contribution in [0, 0.1) is 11.8 Å². The van der Waals surface area contributed by atoms with Gasteiger partial charge in [0.15, 0.2) is 11.2 Å². The van der Waals surface area contributed by atoms with Crippen LogP contribution in [0.3, 0.4) is 0 Å². The third kappa shape index (κ3) is 5.29. The predicted octanol–water partition coefficient (Wildman–Crippen LogP) is 0.907. The van der Waals surface area contributed by atoms with E-state index in [1.54, 1.807) is 11.5 Å². The molecule has 3 heterocycles. The van der Waals surface area contributed by atoms with E-state index in [9.17, 15) is 14.4 Å². The summed E-state index contributed by atoms with van der Waals surface area (Å²) in [4.78, 5) is 46.3. The number of imidazole rings is 1. The largest absolute Gasteiger partial charge is 0.351 e. The van der Waals surface area contributed by atoms with Gasteiger partial charge in [-0.05, 0) is 25.3 Å². The average molecular weight is 526 g/mol. The van der Waals surface area contributed by atoms with Crippen LogP contribution in [0.5, 0.6) is 0 Å². The Bertz CT molecular complexity index is 1460. The highest BCUT2D eigenvalue weighted by molar-refractivity contribution is 5.85. The van der Waals surface area contributed by atoms with Crippen molar-refractivity contribution in [3.05, 3.63) is 56.7 Å². The maximum Gasteiger partial charge on any atom is 0.333 e. The molecule has 1 aromatic carbocycles. The van der Waals surface area contributed by atoms with E-state index in [4.69, 9.17) is 4.98 Å². The number of hydrogen-bond donors (Lipinski definition) is 2. The van der Waals surface area contributed by atoms with Gasteiger partial charge in [-0.15, -0.1) is 18.3 Å². The lowest BCUT2D eigenvalue weighted by Gasteiger charge is -2.28. The molecule has 10 nitrogen and oxygen atoms in total. The van der Waals surface area contributed by atoms with E-state index >= 15 is 0 Å². The number of benzene rings is 1. The quantitative estimate of drug-likeness (QED) is 0.444. The van der Waals surface area contributed by atoms with Gasteiger partial charge >= 0.3 is 5.69 Å². The molecule has 0 radical (unpaired) electrons. The van der Waals surface area contributed by atoms with E-state index in [1.165, 1.54) is 11.5 Å². The van der Waals surface area contributed by atoms with Crippen LogP contribution in [0.4, 0.5) is 5.95 Å². The lowest BCUT2D eigenvalue weighted by Crippen LogP contribution is -2.44. The summed E-state index contributed by atoms with van der Waals surface area (Å²) in [7, 11) is 0. The average Bonchev–Trinajstić information content (AvgIpc) is 3.51. The third-order valence-corrected chi connectivity index (χ3v) is 6.80. The van der Waals surface area contributed by atoms with Crippen LogP contribution < -0.4 is 26.8 Å². The second-order valence-electron chi connectivity index (χ2n) is 9.29. The highest BCUT2D eigenvalue weighted by Gasteiger charge is 2.42. The summed E-state index contributed by atoms with van der Waals surface area (Å²) < 4.78 is 4.78. The van der Waals surface area contributed by atoms with Gasteiger partial charge in [0.05, 0.1) is 18.6 Å². The zero-order valence-electron chi connectivity index (χ0n) is 21.1. The molecule has 0 bridgehead atoms. The number of fused-ring (bicyclic) bond motifs is 1. The van der Waals surface area contributed by atoms with Crippen molar-refractivity contribution in [2.45, 2.75) is 51.9 Å². The first-order chi connectivity index (χ1) is 17.5. The summed E-state index contributed by atoms with van der Waals surface area (Å²) in [5, 5.41) is 6.25. The van der Waals surface area contributed by atoms with Crippen molar-refractivity contribution in [3.8, 4) is 11.8 Å².